The van der Waals surface area contributed by atoms with Gasteiger partial charge in [0.05, 0.1) is 10.5 Å². The van der Waals surface area contributed by atoms with E-state index in [2.05, 4.69) is 0 Å². The van der Waals surface area contributed by atoms with Gasteiger partial charge in [-0.05, 0) is 42.8 Å². The summed E-state index contributed by atoms with van der Waals surface area (Å²) < 4.78 is 18.7. The number of nitrogens with two attached hydrogens (primary N) is 1. The number of ether oxygens (including phenoxy) is 1. The summed E-state index contributed by atoms with van der Waals surface area (Å²) in [6.07, 6.45) is 0.720. The SMILES string of the molecule is NCCc1cccc(OCc2cc(F)ccc2[N+](=O)[O-])c1. The minimum Gasteiger partial charge on any atom is -0.489 e. The van der Waals surface area contributed by atoms with Crippen LogP contribution in [0.2, 0.25) is 0 Å². The van der Waals surface area contributed by atoms with E-state index in [4.69, 9.17) is 10.5 Å². The lowest BCUT2D eigenvalue weighted by Crippen LogP contribution is -2.04. The van der Waals surface area contributed by atoms with Crippen molar-refractivity contribution in [3.63, 3.8) is 0 Å². The van der Waals surface area contributed by atoms with Gasteiger partial charge in [-0.25, -0.2) is 4.39 Å². The fraction of sp³-hybridized carbons (Fsp3) is 0.200. The third-order valence-electron chi connectivity index (χ3n) is 2.96. The average molecular weight is 290 g/mol. The van der Waals surface area contributed by atoms with Crippen LogP contribution in [0, 0.1) is 15.9 Å². The van der Waals surface area contributed by atoms with Crippen LogP contribution in [0.15, 0.2) is 42.5 Å². The molecule has 2 rings (SSSR count). The predicted octanol–water partition coefficient (Wildman–Crippen LogP) is 2.81. The lowest BCUT2D eigenvalue weighted by molar-refractivity contribution is -0.385. The standard InChI is InChI=1S/C15H15FN2O3/c16-13-4-5-15(18(19)20)12(9-13)10-21-14-3-1-2-11(8-14)6-7-17/h1-5,8-9H,6-7,10,17H2. The third-order valence-corrected chi connectivity index (χ3v) is 2.96. The van der Waals surface area contributed by atoms with E-state index in [1.54, 1.807) is 6.07 Å². The second-order valence-corrected chi connectivity index (χ2v) is 4.50. The van der Waals surface area contributed by atoms with Crippen LogP contribution < -0.4 is 10.5 Å². The Kier molecular flexibility index (Phi) is 4.84. The van der Waals surface area contributed by atoms with Gasteiger partial charge in [-0.1, -0.05) is 12.1 Å². The molecule has 0 aliphatic rings. The molecule has 5 nitrogen and oxygen atoms in total. The molecule has 0 atom stereocenters. The van der Waals surface area contributed by atoms with Crippen molar-refractivity contribution < 1.29 is 14.1 Å². The Labute approximate surface area is 121 Å². The second-order valence-electron chi connectivity index (χ2n) is 4.50. The molecule has 0 radical (unpaired) electrons. The summed E-state index contributed by atoms with van der Waals surface area (Å²) in [7, 11) is 0. The van der Waals surface area contributed by atoms with Crippen LogP contribution >= 0.6 is 0 Å². The van der Waals surface area contributed by atoms with Crippen molar-refractivity contribution >= 4 is 5.69 Å². The van der Waals surface area contributed by atoms with Crippen LogP contribution in [-0.4, -0.2) is 11.5 Å². The molecular formula is C15H15FN2O3. The molecule has 0 unspecified atom stereocenters. The highest BCUT2D eigenvalue weighted by Gasteiger charge is 2.14. The molecule has 0 heterocycles. The summed E-state index contributed by atoms with van der Waals surface area (Å²) in [4.78, 5) is 10.3. The maximum absolute atomic E-state index is 13.2. The van der Waals surface area contributed by atoms with Crippen molar-refractivity contribution in [2.24, 2.45) is 5.73 Å². The van der Waals surface area contributed by atoms with Crippen LogP contribution in [0.1, 0.15) is 11.1 Å². The molecule has 0 aliphatic carbocycles. The van der Waals surface area contributed by atoms with Crippen LogP contribution in [0.25, 0.3) is 0 Å². The van der Waals surface area contributed by atoms with Gasteiger partial charge in [-0.3, -0.25) is 10.1 Å². The molecule has 110 valence electrons. The van der Waals surface area contributed by atoms with Gasteiger partial charge in [0, 0.05) is 6.07 Å². The zero-order valence-electron chi connectivity index (χ0n) is 11.3. The monoisotopic (exact) mass is 290 g/mol. The van der Waals surface area contributed by atoms with Crippen LogP contribution in [0.4, 0.5) is 10.1 Å². The first-order chi connectivity index (χ1) is 10.1. The normalized spacial score (nSPS) is 10.4. The molecule has 0 saturated carbocycles. The number of halogens is 1. The van der Waals surface area contributed by atoms with E-state index in [1.807, 2.05) is 18.2 Å². The number of nitro groups is 1. The van der Waals surface area contributed by atoms with Crippen molar-refractivity contribution in [1.29, 1.82) is 0 Å². The van der Waals surface area contributed by atoms with E-state index >= 15 is 0 Å². The number of nitrogens with zero attached hydrogens (tertiary/aromatic N) is 1. The Morgan fingerprint density at radius 1 is 1.24 bits per heavy atom. The molecule has 2 aromatic rings. The Morgan fingerprint density at radius 2 is 2.05 bits per heavy atom. The molecule has 2 N–H and O–H groups in total. The molecule has 2 aromatic carbocycles. The minimum atomic E-state index is -0.553. The van der Waals surface area contributed by atoms with E-state index in [0.717, 1.165) is 30.2 Å². The number of hydrogen-bond donors (Lipinski definition) is 1. The third kappa shape index (κ3) is 4.00. The van der Waals surface area contributed by atoms with E-state index in [1.165, 1.54) is 0 Å². The highest BCUT2D eigenvalue weighted by molar-refractivity contribution is 5.40. The van der Waals surface area contributed by atoms with Crippen molar-refractivity contribution in [2.45, 2.75) is 13.0 Å². The van der Waals surface area contributed by atoms with Gasteiger partial charge in [0.25, 0.3) is 5.69 Å². The maximum Gasteiger partial charge on any atom is 0.276 e. The quantitative estimate of drug-likeness (QED) is 0.655. The van der Waals surface area contributed by atoms with Crippen LogP contribution in [-0.2, 0) is 13.0 Å². The molecule has 6 heteroatoms. The maximum atomic E-state index is 13.2. The Bertz CT molecular complexity index is 647. The highest BCUT2D eigenvalue weighted by atomic mass is 19.1. The van der Waals surface area contributed by atoms with Gasteiger partial charge >= 0.3 is 0 Å². The molecule has 0 fully saturated rings. The molecule has 21 heavy (non-hydrogen) atoms. The number of benzene rings is 2. The summed E-state index contributed by atoms with van der Waals surface area (Å²) in [6.45, 7) is 0.457. The fourth-order valence-electron chi connectivity index (χ4n) is 1.97. The van der Waals surface area contributed by atoms with E-state index in [-0.39, 0.29) is 17.9 Å². The van der Waals surface area contributed by atoms with Gasteiger partial charge in [0.1, 0.15) is 18.2 Å². The number of nitro benzene ring substituents is 1. The van der Waals surface area contributed by atoms with Gasteiger partial charge in [-0.2, -0.15) is 0 Å². The van der Waals surface area contributed by atoms with Gasteiger partial charge < -0.3 is 10.5 Å². The molecule has 0 amide bonds. The van der Waals surface area contributed by atoms with Crippen molar-refractivity contribution in [2.75, 3.05) is 6.54 Å². The Morgan fingerprint density at radius 3 is 2.76 bits per heavy atom. The Hall–Kier alpha value is -2.47. The molecule has 0 aromatic heterocycles. The molecular weight excluding hydrogens is 275 g/mol. The number of hydrogen-bond acceptors (Lipinski definition) is 4. The van der Waals surface area contributed by atoms with Gasteiger partial charge in [-0.15, -0.1) is 0 Å². The zero-order valence-corrected chi connectivity index (χ0v) is 11.3. The van der Waals surface area contributed by atoms with Crippen molar-refractivity contribution in [1.82, 2.24) is 0 Å². The summed E-state index contributed by atoms with van der Waals surface area (Å²) in [5, 5.41) is 10.9. The lowest BCUT2D eigenvalue weighted by atomic mass is 10.1. The molecule has 0 spiro atoms. The lowest BCUT2D eigenvalue weighted by Gasteiger charge is -2.08. The van der Waals surface area contributed by atoms with Gasteiger partial charge in [0.15, 0.2) is 0 Å². The average Bonchev–Trinajstić information content (AvgIpc) is 2.45. The second kappa shape index (κ2) is 6.81. The van der Waals surface area contributed by atoms with Crippen molar-refractivity contribution in [3.8, 4) is 5.75 Å². The summed E-state index contributed by atoms with van der Waals surface area (Å²) in [5.41, 5.74) is 6.55. The highest BCUT2D eigenvalue weighted by Crippen LogP contribution is 2.22. The smallest absolute Gasteiger partial charge is 0.276 e. The zero-order chi connectivity index (χ0) is 15.2. The number of rotatable bonds is 6. The summed E-state index contributed by atoms with van der Waals surface area (Å²) >= 11 is 0. The molecule has 0 aliphatic heterocycles. The van der Waals surface area contributed by atoms with Crippen LogP contribution in [0.3, 0.4) is 0 Å². The molecule has 0 saturated heterocycles. The van der Waals surface area contributed by atoms with Crippen LogP contribution in [0.5, 0.6) is 5.75 Å². The van der Waals surface area contributed by atoms with Crippen molar-refractivity contribution in [3.05, 3.63) is 69.5 Å². The summed E-state index contributed by atoms with van der Waals surface area (Å²) in [5.74, 6) is 0.0376. The van der Waals surface area contributed by atoms with E-state index < -0.39 is 10.7 Å². The van der Waals surface area contributed by atoms with E-state index in [0.29, 0.717) is 12.3 Å². The first-order valence-electron chi connectivity index (χ1n) is 6.45. The Balaban J connectivity index is 2.14. The fourth-order valence-corrected chi connectivity index (χ4v) is 1.97. The molecule has 0 bridgehead atoms. The minimum absolute atomic E-state index is 0.0693. The van der Waals surface area contributed by atoms with Gasteiger partial charge in [0.2, 0.25) is 0 Å². The first kappa shape index (κ1) is 14.9. The topological polar surface area (TPSA) is 78.4 Å². The first-order valence-corrected chi connectivity index (χ1v) is 6.45. The van der Waals surface area contributed by atoms with E-state index in [9.17, 15) is 14.5 Å². The summed E-state index contributed by atoms with van der Waals surface area (Å²) in [6, 6.07) is 10.6. The predicted molar refractivity (Wildman–Crippen MR) is 76.6 cm³/mol. The largest absolute Gasteiger partial charge is 0.489 e.